The van der Waals surface area contributed by atoms with Crippen molar-refractivity contribution in [1.82, 2.24) is 19.8 Å². The van der Waals surface area contributed by atoms with Crippen LogP contribution in [0, 0.1) is 11.2 Å². The van der Waals surface area contributed by atoms with E-state index in [0.717, 1.165) is 36.7 Å². The van der Waals surface area contributed by atoms with Crippen molar-refractivity contribution in [2.24, 2.45) is 5.73 Å². The van der Waals surface area contributed by atoms with Crippen LogP contribution in [0.25, 0.3) is 32.8 Å². The molecule has 0 spiro atoms. The van der Waals surface area contributed by atoms with Gasteiger partial charge in [-0.15, -0.1) is 0 Å². The Balaban J connectivity index is 0.000000674. The van der Waals surface area contributed by atoms with Crippen molar-refractivity contribution in [2.75, 3.05) is 50.1 Å². The highest BCUT2D eigenvalue weighted by atomic mass is 35.5. The molecule has 0 radical (unpaired) electrons. The minimum atomic E-state index is -0.539. The van der Waals surface area contributed by atoms with Gasteiger partial charge in [-0.05, 0) is 61.5 Å². The number of fused-ring (bicyclic) bond motifs is 4. The van der Waals surface area contributed by atoms with Gasteiger partial charge in [0.25, 0.3) is 12.9 Å². The normalized spacial score (nSPS) is 18.7. The molecule has 3 aliphatic heterocycles. The number of carbonyl (C=O) groups is 2. The highest BCUT2D eigenvalue weighted by Gasteiger charge is 2.42. The maximum Gasteiger partial charge on any atom is 0.290 e. The average molecular weight is 667 g/mol. The lowest BCUT2D eigenvalue weighted by atomic mass is 9.96. The van der Waals surface area contributed by atoms with Gasteiger partial charge in [0.1, 0.15) is 17.1 Å². The van der Waals surface area contributed by atoms with Gasteiger partial charge in [0.15, 0.2) is 11.8 Å². The Labute approximate surface area is 275 Å². The fraction of sp³-hybridized carbons (Fsp3) is 0.344. The van der Waals surface area contributed by atoms with E-state index in [2.05, 4.69) is 14.7 Å². The molecule has 248 valence electrons. The Kier molecular flexibility index (Phi) is 9.82. The largest absolute Gasteiger partial charge is 0.508 e. The van der Waals surface area contributed by atoms with Crippen molar-refractivity contribution < 1.29 is 29.3 Å². The fourth-order valence-electron chi connectivity index (χ4n) is 6.71. The number of anilines is 2. The quantitative estimate of drug-likeness (QED) is 0.121. The van der Waals surface area contributed by atoms with Gasteiger partial charge >= 0.3 is 0 Å². The number of phenols is 1. The van der Waals surface area contributed by atoms with Gasteiger partial charge in [-0.25, -0.2) is 9.37 Å². The summed E-state index contributed by atoms with van der Waals surface area (Å²) in [6.45, 7) is 2.25. The first-order chi connectivity index (χ1) is 22.5. The molecular weight excluding hydrogens is 631 g/mol. The Bertz CT molecular complexity index is 1800. The summed E-state index contributed by atoms with van der Waals surface area (Å²) in [5, 5.41) is 34.7. The van der Waals surface area contributed by atoms with E-state index in [1.165, 1.54) is 0 Å². The number of hydrogen-bond acceptors (Lipinski definition) is 9. The maximum atomic E-state index is 16.8. The first kappa shape index (κ1) is 33.4. The molecule has 13 nitrogen and oxygen atoms in total. The third-order valence-corrected chi connectivity index (χ3v) is 9.20. The second-order valence-corrected chi connectivity index (χ2v) is 12.2. The highest BCUT2D eigenvalue weighted by molar-refractivity contribution is 6.35. The van der Waals surface area contributed by atoms with E-state index in [4.69, 9.17) is 52.5 Å². The SMILES string of the molecule is CN(C)C1CN(c2nc(N3C[C@H]4CC[C@@H](C3)N4C(=N)N)c3cc(Cl)c(-c4cc(O)cc5ccccc45)c(F)c3n2)C1.O=CO.O=CO. The minimum Gasteiger partial charge on any atom is -0.508 e. The topological polar surface area (TPSA) is 183 Å². The smallest absolute Gasteiger partial charge is 0.290 e. The van der Waals surface area contributed by atoms with Crippen LogP contribution in [0.1, 0.15) is 12.8 Å². The van der Waals surface area contributed by atoms with Crippen LogP contribution < -0.4 is 15.5 Å². The van der Waals surface area contributed by atoms with Gasteiger partial charge in [0.05, 0.1) is 5.02 Å². The van der Waals surface area contributed by atoms with E-state index in [9.17, 15) is 5.11 Å². The summed E-state index contributed by atoms with van der Waals surface area (Å²) in [5.74, 6) is 0.722. The summed E-state index contributed by atoms with van der Waals surface area (Å²) in [5.41, 5.74) is 6.84. The van der Waals surface area contributed by atoms with Crippen molar-refractivity contribution in [3.63, 3.8) is 0 Å². The number of nitrogens with one attached hydrogen (secondary N) is 1. The van der Waals surface area contributed by atoms with E-state index in [1.54, 1.807) is 18.2 Å². The summed E-state index contributed by atoms with van der Waals surface area (Å²) < 4.78 is 16.8. The fourth-order valence-corrected chi connectivity index (χ4v) is 7.01. The number of rotatable bonds is 4. The van der Waals surface area contributed by atoms with Gasteiger partial charge in [-0.2, -0.15) is 4.98 Å². The molecule has 3 aromatic carbocycles. The molecular formula is C32H36ClFN8O5. The summed E-state index contributed by atoms with van der Waals surface area (Å²) in [4.78, 5) is 34.9. The van der Waals surface area contributed by atoms with E-state index < -0.39 is 5.82 Å². The first-order valence-electron chi connectivity index (χ1n) is 14.9. The van der Waals surface area contributed by atoms with E-state index >= 15 is 4.39 Å². The predicted octanol–water partition coefficient (Wildman–Crippen LogP) is 3.65. The van der Waals surface area contributed by atoms with Gasteiger partial charge in [0, 0.05) is 55.3 Å². The number of guanidine groups is 1. The number of aromatic nitrogens is 2. The number of aromatic hydroxyl groups is 1. The number of halogens is 2. The molecule has 2 bridgehead atoms. The molecule has 0 aliphatic carbocycles. The van der Waals surface area contributed by atoms with E-state index in [0.29, 0.717) is 41.8 Å². The molecule has 1 aromatic heterocycles. The Hall–Kier alpha value is -4.95. The zero-order chi connectivity index (χ0) is 34.0. The highest BCUT2D eigenvalue weighted by Crippen LogP contribution is 2.43. The molecule has 47 heavy (non-hydrogen) atoms. The van der Waals surface area contributed by atoms with Crippen molar-refractivity contribution in [3.05, 3.63) is 53.3 Å². The average Bonchev–Trinajstić information content (AvgIpc) is 3.27. The third-order valence-electron chi connectivity index (χ3n) is 8.90. The predicted molar refractivity (Wildman–Crippen MR) is 179 cm³/mol. The van der Waals surface area contributed by atoms with Gasteiger partial charge in [-0.3, -0.25) is 15.0 Å². The molecule has 2 atom stereocenters. The van der Waals surface area contributed by atoms with Crippen molar-refractivity contribution in [1.29, 1.82) is 5.41 Å². The molecule has 0 unspecified atom stereocenters. The van der Waals surface area contributed by atoms with Crippen LogP contribution in [-0.2, 0) is 9.59 Å². The minimum absolute atomic E-state index is 0.0347. The molecule has 15 heteroatoms. The van der Waals surface area contributed by atoms with Crippen LogP contribution in [0.5, 0.6) is 5.75 Å². The number of likely N-dealkylation sites (N-methyl/N-ethyl adjacent to an activating group) is 1. The maximum absolute atomic E-state index is 16.8. The van der Waals surface area contributed by atoms with Crippen LogP contribution in [-0.4, -0.2) is 112 Å². The number of benzene rings is 3. The Morgan fingerprint density at radius 1 is 1.00 bits per heavy atom. The standard InChI is InChI=1S/C30H32ClFN8O.2CH2O2/c1-37(2)19-14-39(15-19)30-35-27-23(28(36-30)38-12-17-7-8-18(13-38)40(17)29(33)34)11-24(31)25(26(27)32)22-10-20(41)9-16-5-3-4-6-21(16)22;2*2-1-3/h3-6,9-11,17-19,41H,7-8,12-15H2,1-2H3,(H3,33,34);2*1H,(H,2,3)/t17-,18+;;. The molecule has 0 saturated carbocycles. The van der Waals surface area contributed by atoms with Crippen LogP contribution in [0.4, 0.5) is 16.2 Å². The number of piperazine rings is 1. The first-order valence-corrected chi connectivity index (χ1v) is 15.3. The number of phenolic OH excluding ortho intramolecular Hbond substituents is 1. The van der Waals surface area contributed by atoms with Gasteiger partial charge in [0.2, 0.25) is 5.95 Å². The third kappa shape index (κ3) is 6.38. The number of nitrogens with zero attached hydrogens (tertiary/aromatic N) is 6. The molecule has 7 rings (SSSR count). The van der Waals surface area contributed by atoms with Gasteiger partial charge < -0.3 is 40.7 Å². The van der Waals surface area contributed by atoms with Crippen molar-refractivity contribution in [2.45, 2.75) is 31.0 Å². The van der Waals surface area contributed by atoms with Crippen LogP contribution in [0.3, 0.4) is 0 Å². The molecule has 3 fully saturated rings. The molecule has 4 heterocycles. The van der Waals surface area contributed by atoms with E-state index in [-0.39, 0.29) is 52.8 Å². The molecule has 3 aliphatic rings. The molecule has 4 aromatic rings. The Morgan fingerprint density at radius 2 is 1.62 bits per heavy atom. The van der Waals surface area contributed by atoms with Crippen molar-refractivity contribution >= 4 is 63.9 Å². The number of nitrogens with two attached hydrogens (primary N) is 1. The molecule has 0 amide bonds. The molecule has 3 saturated heterocycles. The number of carboxylic acid groups (broad SMARTS) is 2. The zero-order valence-corrected chi connectivity index (χ0v) is 26.6. The Morgan fingerprint density at radius 3 is 2.21 bits per heavy atom. The monoisotopic (exact) mass is 666 g/mol. The van der Waals surface area contributed by atoms with E-state index in [1.807, 2.05) is 43.3 Å². The number of hydrogen-bond donors (Lipinski definition) is 5. The summed E-state index contributed by atoms with van der Waals surface area (Å²) in [7, 11) is 4.10. The van der Waals surface area contributed by atoms with Gasteiger partial charge in [-0.1, -0.05) is 35.9 Å². The second-order valence-electron chi connectivity index (χ2n) is 11.8. The lowest BCUT2D eigenvalue weighted by Gasteiger charge is -2.44. The summed E-state index contributed by atoms with van der Waals surface area (Å²) in [6.07, 6.45) is 1.88. The van der Waals surface area contributed by atoms with Crippen LogP contribution in [0.2, 0.25) is 5.02 Å². The zero-order valence-electron chi connectivity index (χ0n) is 25.8. The lowest BCUT2D eigenvalue weighted by Crippen LogP contribution is -2.58. The summed E-state index contributed by atoms with van der Waals surface area (Å²) >= 11 is 6.87. The second kappa shape index (κ2) is 13.8. The van der Waals surface area contributed by atoms with Crippen molar-refractivity contribution in [3.8, 4) is 16.9 Å². The van der Waals surface area contributed by atoms with Crippen LogP contribution in [0.15, 0.2) is 42.5 Å². The lowest BCUT2D eigenvalue weighted by molar-refractivity contribution is -0.123. The summed E-state index contributed by atoms with van der Waals surface area (Å²) in [6, 6.07) is 13.1. The molecule has 6 N–H and O–H groups in total. The van der Waals surface area contributed by atoms with Crippen LogP contribution >= 0.6 is 11.6 Å².